The second-order valence-corrected chi connectivity index (χ2v) is 11.4. The van der Waals surface area contributed by atoms with E-state index >= 15 is 0 Å². The lowest BCUT2D eigenvalue weighted by Gasteiger charge is -2.45. The summed E-state index contributed by atoms with van der Waals surface area (Å²) < 4.78 is 46.2. The molecule has 0 aliphatic rings. The Morgan fingerprint density at radius 3 is 1.03 bits per heavy atom. The van der Waals surface area contributed by atoms with Crippen LogP contribution in [0.2, 0.25) is 0 Å². The lowest BCUT2D eigenvalue weighted by molar-refractivity contribution is -0.165. The Morgan fingerprint density at radius 1 is 0.581 bits per heavy atom. The molecule has 0 spiro atoms. The fraction of sp³-hybridized carbons (Fsp3) is 1.00. The van der Waals surface area contributed by atoms with Gasteiger partial charge in [0, 0.05) is 0 Å². The van der Waals surface area contributed by atoms with Gasteiger partial charge < -0.3 is 9.80 Å². The summed E-state index contributed by atoms with van der Waals surface area (Å²) in [7, 11) is 16.5. The minimum atomic E-state index is -4.31. The predicted octanol–water partition coefficient (Wildman–Crippen LogP) is -0.00820. The van der Waals surface area contributed by atoms with Crippen molar-refractivity contribution in [2.75, 3.05) is 97.7 Å². The summed E-state index contributed by atoms with van der Waals surface area (Å²) in [5.74, 6) is -1.76. The zero-order chi connectivity index (χ0) is 24.6. The van der Waals surface area contributed by atoms with Gasteiger partial charge in [0.15, 0.2) is 29.8 Å². The molecule has 0 aliphatic carbocycles. The molecular formula is C16H42N6O6P2S. The summed E-state index contributed by atoms with van der Waals surface area (Å²) >= 11 is 0. The van der Waals surface area contributed by atoms with Gasteiger partial charge in [-0.05, 0) is 84.6 Å². The third-order valence-electron chi connectivity index (χ3n) is 4.52. The molecule has 12 nitrogen and oxygen atoms in total. The number of nitrogens with zero attached hydrogens (tertiary/aromatic N) is 6. The lowest BCUT2D eigenvalue weighted by Crippen LogP contribution is -2.61. The van der Waals surface area contributed by atoms with Crippen molar-refractivity contribution in [2.24, 2.45) is 0 Å². The van der Waals surface area contributed by atoms with Crippen LogP contribution in [0.1, 0.15) is 0 Å². The minimum absolute atomic E-state index is 0.494. The maximum Gasteiger partial charge on any atom is 0.410 e. The van der Waals surface area contributed by atoms with Crippen LogP contribution < -0.4 is 0 Å². The molecule has 0 aromatic rings. The molecule has 0 bridgehead atoms. The second kappa shape index (κ2) is 13.3. The molecular weight excluding hydrogens is 466 g/mol. The van der Waals surface area contributed by atoms with E-state index in [1.165, 1.54) is 0 Å². The van der Waals surface area contributed by atoms with Crippen LogP contribution in [-0.4, -0.2) is 147 Å². The lowest BCUT2D eigenvalue weighted by atomic mass is 10.3. The Labute approximate surface area is 192 Å². The van der Waals surface area contributed by atoms with E-state index < -0.39 is 40.2 Å². The van der Waals surface area contributed by atoms with E-state index in [1.807, 2.05) is 114 Å². The maximum atomic E-state index is 12.3. The van der Waals surface area contributed by atoms with Crippen LogP contribution in [0.15, 0.2) is 0 Å². The Bertz CT molecular complexity index is 560. The Morgan fingerprint density at radius 2 is 0.839 bits per heavy atom. The first-order valence-electron chi connectivity index (χ1n) is 9.49. The first-order chi connectivity index (χ1) is 14.0. The number of likely N-dealkylation sites (N-methyl/N-ethyl adjacent to an activating group) is 6. The standard InChI is InChI=1S/C16H42N6O6P2S/c1-17(2)13-15(19(5)6,20(7)8)25-29-27-31(23,24)28-30-26-16(21(9)10,22(11)12)14-18(3)4/h29-30H,13-14H2,1-12H3. The van der Waals surface area contributed by atoms with Crippen molar-refractivity contribution in [3.05, 3.63) is 0 Å². The van der Waals surface area contributed by atoms with Crippen LogP contribution in [0.5, 0.6) is 0 Å². The van der Waals surface area contributed by atoms with Crippen molar-refractivity contribution in [1.82, 2.24) is 29.4 Å². The summed E-state index contributed by atoms with van der Waals surface area (Å²) in [6.45, 7) is 0.988. The SMILES string of the molecule is CN(C)CC(OPOS(=O)(=O)OPOC(CN(C)C)(N(C)C)N(C)C)(N(C)C)N(C)C. The predicted molar refractivity (Wildman–Crippen MR) is 127 cm³/mol. The number of rotatable bonds is 16. The van der Waals surface area contributed by atoms with E-state index in [-0.39, 0.29) is 0 Å². The Hall–Kier alpha value is 0.410. The topological polar surface area (TPSA) is 90.5 Å². The van der Waals surface area contributed by atoms with Crippen molar-refractivity contribution < 1.29 is 25.4 Å². The molecule has 0 heterocycles. The van der Waals surface area contributed by atoms with E-state index in [4.69, 9.17) is 17.0 Å². The normalized spacial score (nSPS) is 15.0. The average Bonchev–Trinajstić information content (AvgIpc) is 2.57. The highest BCUT2D eigenvalue weighted by atomic mass is 32.3. The molecule has 0 radical (unpaired) electrons. The molecule has 0 aromatic heterocycles. The van der Waals surface area contributed by atoms with Gasteiger partial charge in [-0.15, -0.1) is 0 Å². The van der Waals surface area contributed by atoms with Crippen molar-refractivity contribution >= 4 is 28.5 Å². The van der Waals surface area contributed by atoms with E-state index in [9.17, 15) is 8.42 Å². The summed E-state index contributed by atoms with van der Waals surface area (Å²) in [5, 5.41) is 0. The van der Waals surface area contributed by atoms with Gasteiger partial charge in [0.1, 0.15) is 0 Å². The number of hydrogen-bond acceptors (Lipinski definition) is 12. The summed E-state index contributed by atoms with van der Waals surface area (Å²) in [5.41, 5.74) is 0. The smallest absolute Gasteiger partial charge is 0.304 e. The largest absolute Gasteiger partial charge is 0.410 e. The van der Waals surface area contributed by atoms with Gasteiger partial charge in [-0.1, -0.05) is 0 Å². The van der Waals surface area contributed by atoms with Crippen molar-refractivity contribution in [3.8, 4) is 0 Å². The molecule has 0 saturated carbocycles. The van der Waals surface area contributed by atoms with Crippen LogP contribution in [0.25, 0.3) is 0 Å². The van der Waals surface area contributed by atoms with Gasteiger partial charge in [-0.3, -0.25) is 28.6 Å². The highest BCUT2D eigenvalue weighted by Crippen LogP contribution is 2.35. The molecule has 31 heavy (non-hydrogen) atoms. The molecule has 0 aromatic carbocycles. The first kappa shape index (κ1) is 31.4. The van der Waals surface area contributed by atoms with E-state index in [2.05, 4.69) is 0 Å². The third-order valence-corrected chi connectivity index (χ3v) is 7.52. The van der Waals surface area contributed by atoms with E-state index in [0.29, 0.717) is 13.1 Å². The van der Waals surface area contributed by atoms with Gasteiger partial charge >= 0.3 is 10.4 Å². The third kappa shape index (κ3) is 9.66. The highest BCUT2D eigenvalue weighted by Gasteiger charge is 2.39. The molecule has 188 valence electrons. The molecule has 0 saturated heterocycles. The number of hydrogen-bond donors (Lipinski definition) is 0. The first-order valence-corrected chi connectivity index (χ1v) is 12.5. The molecule has 0 rings (SSSR count). The van der Waals surface area contributed by atoms with Gasteiger partial charge in [0.2, 0.25) is 0 Å². The second-order valence-electron chi connectivity index (χ2n) is 8.49. The molecule has 15 heteroatoms. The maximum absolute atomic E-state index is 12.3. The van der Waals surface area contributed by atoms with Crippen LogP contribution >= 0.6 is 18.1 Å². The van der Waals surface area contributed by atoms with Crippen LogP contribution in [-0.2, 0) is 27.4 Å². The molecule has 0 fully saturated rings. The quantitative estimate of drug-likeness (QED) is 0.208. The summed E-state index contributed by atoms with van der Waals surface area (Å²) in [6, 6.07) is 0. The van der Waals surface area contributed by atoms with E-state index in [1.54, 1.807) is 0 Å². The Kier molecular flexibility index (Phi) is 13.5. The van der Waals surface area contributed by atoms with Crippen molar-refractivity contribution in [3.63, 3.8) is 0 Å². The summed E-state index contributed by atoms with van der Waals surface area (Å²) in [4.78, 5) is 11.3. The fourth-order valence-corrected chi connectivity index (χ4v) is 5.39. The van der Waals surface area contributed by atoms with Gasteiger partial charge in [0.25, 0.3) is 0 Å². The molecule has 0 N–H and O–H groups in total. The molecule has 0 amide bonds. The average molecular weight is 509 g/mol. The van der Waals surface area contributed by atoms with Gasteiger partial charge in [-0.25, -0.2) is 0 Å². The minimum Gasteiger partial charge on any atom is -0.304 e. The highest BCUT2D eigenvalue weighted by molar-refractivity contribution is 7.87. The monoisotopic (exact) mass is 508 g/mol. The van der Waals surface area contributed by atoms with Crippen LogP contribution in [0.3, 0.4) is 0 Å². The molecule has 2 unspecified atom stereocenters. The van der Waals surface area contributed by atoms with Crippen molar-refractivity contribution in [1.29, 1.82) is 0 Å². The van der Waals surface area contributed by atoms with Gasteiger partial charge in [0.05, 0.1) is 13.1 Å². The molecule has 2 atom stereocenters. The zero-order valence-electron chi connectivity index (χ0n) is 21.0. The fourth-order valence-electron chi connectivity index (χ4n) is 2.89. The van der Waals surface area contributed by atoms with Gasteiger partial charge in [-0.2, -0.15) is 16.4 Å². The van der Waals surface area contributed by atoms with E-state index in [0.717, 1.165) is 0 Å². The molecule has 0 aliphatic heterocycles. The Balaban J connectivity index is 5.09. The summed E-state index contributed by atoms with van der Waals surface area (Å²) in [6.07, 6.45) is 0. The van der Waals surface area contributed by atoms with Crippen molar-refractivity contribution in [2.45, 2.75) is 11.7 Å². The zero-order valence-corrected chi connectivity index (χ0v) is 23.8. The van der Waals surface area contributed by atoms with Crippen LogP contribution in [0, 0.1) is 0 Å². The van der Waals surface area contributed by atoms with Crippen LogP contribution in [0.4, 0.5) is 0 Å².